The predicted octanol–water partition coefficient (Wildman–Crippen LogP) is 2.78. The molecule has 1 heterocycles. The van der Waals surface area contributed by atoms with Gasteiger partial charge in [-0.3, -0.25) is 0 Å². The van der Waals surface area contributed by atoms with E-state index < -0.39 is 5.82 Å². The van der Waals surface area contributed by atoms with E-state index in [1.54, 1.807) is 11.0 Å². The molecule has 4 nitrogen and oxygen atoms in total. The molecular weight excluding hydrogens is 257 g/mol. The zero-order valence-corrected chi connectivity index (χ0v) is 11.4. The number of hydrogen-bond donors (Lipinski definition) is 1. The van der Waals surface area contributed by atoms with Crippen molar-refractivity contribution in [1.82, 2.24) is 10.2 Å². The Hall–Kier alpha value is -2.09. The minimum Gasteiger partial charge on any atom is -0.334 e. The largest absolute Gasteiger partial charge is 0.334 e. The Morgan fingerprint density at radius 3 is 2.60 bits per heavy atom. The summed E-state index contributed by atoms with van der Waals surface area (Å²) in [5.74, 6) is -0.458. The second kappa shape index (κ2) is 6.90. The number of carbonyl (C=O) groups is 1. The van der Waals surface area contributed by atoms with E-state index in [1.165, 1.54) is 12.1 Å². The van der Waals surface area contributed by atoms with Crippen LogP contribution in [-0.2, 0) is 6.54 Å². The molecule has 0 radical (unpaired) electrons. The Bertz CT molecular complexity index is 516. The average molecular weight is 275 g/mol. The van der Waals surface area contributed by atoms with Crippen LogP contribution in [-0.4, -0.2) is 24.0 Å². The van der Waals surface area contributed by atoms with Crippen LogP contribution in [0.5, 0.6) is 0 Å². The number of benzene rings is 1. The van der Waals surface area contributed by atoms with Gasteiger partial charge in [-0.05, 0) is 25.0 Å². The van der Waals surface area contributed by atoms with Crippen molar-refractivity contribution in [2.24, 2.45) is 0 Å². The van der Waals surface area contributed by atoms with E-state index in [0.29, 0.717) is 5.56 Å². The summed E-state index contributed by atoms with van der Waals surface area (Å²) < 4.78 is 13.7. The van der Waals surface area contributed by atoms with Gasteiger partial charge in [-0.2, -0.15) is 5.26 Å². The molecule has 0 unspecified atom stereocenters. The molecule has 0 aliphatic carbocycles. The van der Waals surface area contributed by atoms with Gasteiger partial charge < -0.3 is 10.2 Å². The number of nitriles is 1. The van der Waals surface area contributed by atoms with Crippen LogP contribution in [0.25, 0.3) is 0 Å². The number of hydrogen-bond acceptors (Lipinski definition) is 2. The lowest BCUT2D eigenvalue weighted by Gasteiger charge is -2.20. The second-order valence-electron chi connectivity index (χ2n) is 4.98. The quantitative estimate of drug-likeness (QED) is 0.902. The maximum Gasteiger partial charge on any atom is 0.317 e. The van der Waals surface area contributed by atoms with Crippen LogP contribution in [0.15, 0.2) is 18.2 Å². The summed E-state index contributed by atoms with van der Waals surface area (Å²) >= 11 is 0. The summed E-state index contributed by atoms with van der Waals surface area (Å²) in [6.45, 7) is 1.68. The van der Waals surface area contributed by atoms with Gasteiger partial charge in [-0.15, -0.1) is 0 Å². The van der Waals surface area contributed by atoms with Crippen molar-refractivity contribution in [2.45, 2.75) is 32.2 Å². The molecule has 2 amide bonds. The van der Waals surface area contributed by atoms with E-state index in [2.05, 4.69) is 5.32 Å². The molecule has 0 spiro atoms. The molecule has 1 aromatic carbocycles. The molecule has 1 aliphatic rings. The van der Waals surface area contributed by atoms with E-state index in [1.807, 2.05) is 6.07 Å². The minimum atomic E-state index is -0.458. The monoisotopic (exact) mass is 275 g/mol. The van der Waals surface area contributed by atoms with Crippen LogP contribution in [0, 0.1) is 17.1 Å². The molecule has 1 aliphatic heterocycles. The van der Waals surface area contributed by atoms with Gasteiger partial charge in [0.1, 0.15) is 5.82 Å². The number of halogens is 1. The van der Waals surface area contributed by atoms with E-state index in [0.717, 1.165) is 38.8 Å². The molecule has 1 fully saturated rings. The Labute approximate surface area is 118 Å². The number of nitrogens with one attached hydrogen (secondary N) is 1. The zero-order chi connectivity index (χ0) is 14.4. The van der Waals surface area contributed by atoms with Crippen LogP contribution >= 0.6 is 0 Å². The first-order valence-electron chi connectivity index (χ1n) is 6.92. The van der Waals surface area contributed by atoms with Gasteiger partial charge in [0.2, 0.25) is 0 Å². The summed E-state index contributed by atoms with van der Waals surface area (Å²) in [4.78, 5) is 13.8. The third-order valence-corrected chi connectivity index (χ3v) is 3.51. The summed E-state index contributed by atoms with van der Waals surface area (Å²) in [6.07, 6.45) is 4.37. The molecule has 20 heavy (non-hydrogen) atoms. The Kier molecular flexibility index (Phi) is 4.94. The van der Waals surface area contributed by atoms with Crippen LogP contribution < -0.4 is 5.32 Å². The predicted molar refractivity (Wildman–Crippen MR) is 73.4 cm³/mol. The van der Waals surface area contributed by atoms with Gasteiger partial charge >= 0.3 is 6.03 Å². The topological polar surface area (TPSA) is 56.1 Å². The normalized spacial score (nSPS) is 15.3. The van der Waals surface area contributed by atoms with E-state index >= 15 is 0 Å². The summed E-state index contributed by atoms with van der Waals surface area (Å²) in [6, 6.07) is 6.02. The first-order valence-corrected chi connectivity index (χ1v) is 6.92. The number of urea groups is 1. The summed E-state index contributed by atoms with van der Waals surface area (Å²) in [5, 5.41) is 11.4. The molecule has 1 aromatic rings. The van der Waals surface area contributed by atoms with Crippen molar-refractivity contribution >= 4 is 6.03 Å². The SMILES string of the molecule is N#Cc1ccc(CNC(=O)N2CCCCCC2)c(F)c1. The molecule has 0 bridgehead atoms. The molecule has 1 saturated heterocycles. The first-order chi connectivity index (χ1) is 9.70. The van der Waals surface area contributed by atoms with E-state index in [-0.39, 0.29) is 18.1 Å². The van der Waals surface area contributed by atoms with Gasteiger partial charge in [-0.1, -0.05) is 18.9 Å². The standard InChI is InChI=1S/C15H18FN3O/c16-14-9-12(10-17)5-6-13(14)11-18-15(20)19-7-3-1-2-4-8-19/h5-6,9H,1-4,7-8,11H2,(H,18,20). The zero-order valence-electron chi connectivity index (χ0n) is 11.4. The van der Waals surface area contributed by atoms with Crippen LogP contribution in [0.2, 0.25) is 0 Å². The maximum absolute atomic E-state index is 13.7. The smallest absolute Gasteiger partial charge is 0.317 e. The van der Waals surface area contributed by atoms with Crippen molar-refractivity contribution in [3.8, 4) is 6.07 Å². The minimum absolute atomic E-state index is 0.143. The highest BCUT2D eigenvalue weighted by Gasteiger charge is 2.15. The molecule has 0 saturated carbocycles. The van der Waals surface area contributed by atoms with Gasteiger partial charge in [0, 0.05) is 25.2 Å². The van der Waals surface area contributed by atoms with Gasteiger partial charge in [0.15, 0.2) is 0 Å². The molecule has 2 rings (SSSR count). The van der Waals surface area contributed by atoms with Gasteiger partial charge in [0.05, 0.1) is 11.6 Å². The fourth-order valence-corrected chi connectivity index (χ4v) is 2.32. The van der Waals surface area contributed by atoms with Crippen molar-refractivity contribution in [3.05, 3.63) is 35.1 Å². The van der Waals surface area contributed by atoms with Gasteiger partial charge in [0.25, 0.3) is 0 Å². The van der Waals surface area contributed by atoms with E-state index in [4.69, 9.17) is 5.26 Å². The van der Waals surface area contributed by atoms with Crippen LogP contribution in [0.1, 0.15) is 36.8 Å². The van der Waals surface area contributed by atoms with Crippen molar-refractivity contribution in [2.75, 3.05) is 13.1 Å². The summed E-state index contributed by atoms with van der Waals surface area (Å²) in [5.41, 5.74) is 0.678. The number of amides is 2. The third kappa shape index (κ3) is 3.70. The summed E-state index contributed by atoms with van der Waals surface area (Å²) in [7, 11) is 0. The lowest BCUT2D eigenvalue weighted by atomic mass is 10.1. The molecule has 106 valence electrons. The second-order valence-corrected chi connectivity index (χ2v) is 4.98. The highest BCUT2D eigenvalue weighted by Crippen LogP contribution is 2.12. The highest BCUT2D eigenvalue weighted by atomic mass is 19.1. The molecule has 0 aromatic heterocycles. The highest BCUT2D eigenvalue weighted by molar-refractivity contribution is 5.74. The Balaban J connectivity index is 1.91. The Morgan fingerprint density at radius 2 is 2.00 bits per heavy atom. The van der Waals surface area contributed by atoms with Crippen LogP contribution in [0.4, 0.5) is 9.18 Å². The Morgan fingerprint density at radius 1 is 1.30 bits per heavy atom. The lowest BCUT2D eigenvalue weighted by molar-refractivity contribution is 0.199. The van der Waals surface area contributed by atoms with Gasteiger partial charge in [-0.25, -0.2) is 9.18 Å². The number of likely N-dealkylation sites (tertiary alicyclic amines) is 1. The third-order valence-electron chi connectivity index (χ3n) is 3.51. The average Bonchev–Trinajstić information content (AvgIpc) is 2.74. The molecular formula is C15H18FN3O. The number of nitrogens with zero attached hydrogens (tertiary/aromatic N) is 2. The lowest BCUT2D eigenvalue weighted by Crippen LogP contribution is -2.40. The molecule has 0 atom stereocenters. The first kappa shape index (κ1) is 14.3. The fourth-order valence-electron chi connectivity index (χ4n) is 2.32. The number of rotatable bonds is 2. The molecule has 5 heteroatoms. The van der Waals surface area contributed by atoms with Crippen LogP contribution in [0.3, 0.4) is 0 Å². The van der Waals surface area contributed by atoms with Crippen molar-refractivity contribution in [3.63, 3.8) is 0 Å². The maximum atomic E-state index is 13.7. The van der Waals surface area contributed by atoms with E-state index in [9.17, 15) is 9.18 Å². The van der Waals surface area contributed by atoms with Crippen molar-refractivity contribution in [1.29, 1.82) is 5.26 Å². The number of carbonyl (C=O) groups excluding carboxylic acids is 1. The van der Waals surface area contributed by atoms with Crippen molar-refractivity contribution < 1.29 is 9.18 Å². The molecule has 1 N–H and O–H groups in total. The fraction of sp³-hybridized carbons (Fsp3) is 0.467.